The molecule has 0 aromatic rings. The lowest BCUT2D eigenvalue weighted by Gasteiger charge is -2.37. The van der Waals surface area contributed by atoms with E-state index in [0.717, 1.165) is 0 Å². The number of esters is 1. The minimum Gasteiger partial charge on any atom is -0.430 e. The molecule has 3 fully saturated rings. The summed E-state index contributed by atoms with van der Waals surface area (Å²) in [5.74, 6) is -2.29. The number of carbonyl (C=O) groups excluding carboxylic acids is 1. The van der Waals surface area contributed by atoms with Crippen LogP contribution in [-0.2, 0) is 23.7 Å². The summed E-state index contributed by atoms with van der Waals surface area (Å²) >= 11 is 0. The first-order valence-corrected chi connectivity index (χ1v) is 5.97. The first kappa shape index (κ1) is 11.4. The van der Waals surface area contributed by atoms with Gasteiger partial charge >= 0.3 is 5.97 Å². The number of rotatable bonds is 0. The van der Waals surface area contributed by atoms with Crippen LogP contribution in [0.4, 0.5) is 0 Å². The maximum atomic E-state index is 11.8. The highest BCUT2D eigenvalue weighted by molar-refractivity contribution is 5.75. The van der Waals surface area contributed by atoms with Gasteiger partial charge in [-0.05, 0) is 27.7 Å². The van der Waals surface area contributed by atoms with Crippen molar-refractivity contribution in [1.82, 2.24) is 0 Å². The van der Waals surface area contributed by atoms with Crippen molar-refractivity contribution in [3.05, 3.63) is 0 Å². The predicted molar refractivity (Wildman–Crippen MR) is 57.0 cm³/mol. The van der Waals surface area contributed by atoms with Crippen LogP contribution >= 0.6 is 0 Å². The summed E-state index contributed by atoms with van der Waals surface area (Å²) in [6, 6.07) is 0. The second-order valence-corrected chi connectivity index (χ2v) is 5.95. The molecule has 17 heavy (non-hydrogen) atoms. The Morgan fingerprint density at radius 2 is 1.76 bits per heavy atom. The van der Waals surface area contributed by atoms with Gasteiger partial charge in [0.25, 0.3) is 0 Å². The van der Waals surface area contributed by atoms with Gasteiger partial charge in [-0.2, -0.15) is 0 Å². The van der Waals surface area contributed by atoms with Crippen molar-refractivity contribution in [3.63, 3.8) is 0 Å². The Kier molecular flexibility index (Phi) is 1.91. The number of carbonyl (C=O) groups is 1. The van der Waals surface area contributed by atoms with Crippen molar-refractivity contribution >= 4 is 5.97 Å². The van der Waals surface area contributed by atoms with Crippen LogP contribution in [0.25, 0.3) is 0 Å². The quantitative estimate of drug-likeness (QED) is 0.597. The summed E-state index contributed by atoms with van der Waals surface area (Å²) in [4.78, 5) is 11.8. The van der Waals surface area contributed by atoms with Crippen molar-refractivity contribution in [1.29, 1.82) is 0 Å². The molecule has 5 nitrogen and oxygen atoms in total. The Morgan fingerprint density at radius 1 is 1.12 bits per heavy atom. The van der Waals surface area contributed by atoms with Crippen LogP contribution in [0.1, 0.15) is 34.6 Å². The molecule has 5 heteroatoms. The number of hydrogen-bond acceptors (Lipinski definition) is 5. The van der Waals surface area contributed by atoms with Crippen molar-refractivity contribution in [2.45, 2.75) is 64.0 Å². The van der Waals surface area contributed by atoms with E-state index in [9.17, 15) is 4.79 Å². The van der Waals surface area contributed by atoms with E-state index in [1.165, 1.54) is 0 Å². The zero-order valence-electron chi connectivity index (χ0n) is 10.8. The van der Waals surface area contributed by atoms with Gasteiger partial charge < -0.3 is 18.9 Å². The van der Waals surface area contributed by atoms with E-state index >= 15 is 0 Å². The molecule has 96 valence electrons. The zero-order valence-corrected chi connectivity index (χ0v) is 10.8. The molecule has 2 bridgehead atoms. The molecule has 3 rings (SSSR count). The lowest BCUT2D eigenvalue weighted by atomic mass is 9.87. The summed E-state index contributed by atoms with van der Waals surface area (Å²) in [5, 5.41) is 0. The second kappa shape index (κ2) is 2.84. The molecule has 0 unspecified atom stereocenters. The van der Waals surface area contributed by atoms with Gasteiger partial charge in [0.15, 0.2) is 11.9 Å². The molecular weight excluding hydrogens is 224 g/mol. The third-order valence-electron chi connectivity index (χ3n) is 3.92. The molecule has 5 atom stereocenters. The molecule has 3 saturated heterocycles. The Bertz CT molecular complexity index is 392. The Balaban J connectivity index is 2.07. The van der Waals surface area contributed by atoms with Crippen LogP contribution in [0.15, 0.2) is 0 Å². The van der Waals surface area contributed by atoms with Crippen molar-refractivity contribution in [2.75, 3.05) is 0 Å². The molecule has 3 aliphatic rings. The van der Waals surface area contributed by atoms with Gasteiger partial charge in [0.05, 0.1) is 5.92 Å². The predicted octanol–water partition coefficient (Wildman–Crippen LogP) is 1.20. The van der Waals surface area contributed by atoms with Gasteiger partial charge in [-0.1, -0.05) is 0 Å². The molecule has 0 saturated carbocycles. The van der Waals surface area contributed by atoms with Crippen molar-refractivity contribution in [3.8, 4) is 0 Å². The van der Waals surface area contributed by atoms with E-state index < -0.39 is 17.2 Å². The lowest BCUT2D eigenvalue weighted by Crippen LogP contribution is -2.49. The molecule has 0 aliphatic carbocycles. The van der Waals surface area contributed by atoms with Gasteiger partial charge in [0.1, 0.15) is 11.7 Å². The number of fused-ring (bicyclic) bond motifs is 5. The highest BCUT2D eigenvalue weighted by atomic mass is 16.8. The Hall–Kier alpha value is -0.650. The molecule has 0 aromatic carbocycles. The van der Waals surface area contributed by atoms with Gasteiger partial charge in [0.2, 0.25) is 5.79 Å². The molecule has 3 aliphatic heterocycles. The van der Waals surface area contributed by atoms with E-state index in [4.69, 9.17) is 18.9 Å². The first-order chi connectivity index (χ1) is 7.68. The van der Waals surface area contributed by atoms with Crippen LogP contribution in [0.3, 0.4) is 0 Å². The molecular formula is C12H18O5. The maximum absolute atomic E-state index is 11.8. The second-order valence-electron chi connectivity index (χ2n) is 5.95. The summed E-state index contributed by atoms with van der Waals surface area (Å²) in [7, 11) is 0. The first-order valence-electron chi connectivity index (χ1n) is 5.97. The van der Waals surface area contributed by atoms with Crippen LogP contribution in [0, 0.1) is 5.92 Å². The zero-order chi connectivity index (χ0) is 12.6. The van der Waals surface area contributed by atoms with E-state index in [2.05, 4.69) is 0 Å². The fraction of sp³-hybridized carbons (Fsp3) is 0.917. The fourth-order valence-electron chi connectivity index (χ4n) is 3.37. The minimum atomic E-state index is -1.03. The summed E-state index contributed by atoms with van der Waals surface area (Å²) in [6.07, 6.45) is -0.704. The van der Waals surface area contributed by atoms with Gasteiger partial charge in [-0.15, -0.1) is 0 Å². The smallest absolute Gasteiger partial charge is 0.314 e. The van der Waals surface area contributed by atoms with Crippen LogP contribution in [-0.4, -0.2) is 35.4 Å². The fourth-order valence-corrected chi connectivity index (χ4v) is 3.37. The van der Waals surface area contributed by atoms with E-state index in [1.54, 1.807) is 13.8 Å². The highest BCUT2D eigenvalue weighted by Gasteiger charge is 2.73. The third-order valence-corrected chi connectivity index (χ3v) is 3.92. The minimum absolute atomic E-state index is 0.246. The average Bonchev–Trinajstić information content (AvgIpc) is 2.52. The average molecular weight is 242 g/mol. The molecule has 3 heterocycles. The number of ether oxygens (including phenoxy) is 4. The third kappa shape index (κ3) is 1.27. The van der Waals surface area contributed by atoms with Crippen molar-refractivity contribution in [2.24, 2.45) is 5.92 Å². The van der Waals surface area contributed by atoms with E-state index in [0.29, 0.717) is 0 Å². The summed E-state index contributed by atoms with van der Waals surface area (Å²) in [5.41, 5.74) is -0.635. The monoisotopic (exact) mass is 242 g/mol. The van der Waals surface area contributed by atoms with E-state index in [1.807, 2.05) is 20.8 Å². The van der Waals surface area contributed by atoms with Gasteiger partial charge in [-0.25, -0.2) is 0 Å². The maximum Gasteiger partial charge on any atom is 0.314 e. The number of hydrogen-bond donors (Lipinski definition) is 0. The van der Waals surface area contributed by atoms with Gasteiger partial charge in [0, 0.05) is 6.92 Å². The summed E-state index contributed by atoms with van der Waals surface area (Å²) in [6.45, 7) is 9.20. The Morgan fingerprint density at radius 3 is 2.41 bits per heavy atom. The SMILES string of the molecule is C[C@@H]1C(=O)O[C@]2(C)O[C@H]1[C@@]1(C)OC(C)(C)O[C@@H]21. The van der Waals surface area contributed by atoms with Crippen LogP contribution in [0.5, 0.6) is 0 Å². The van der Waals surface area contributed by atoms with Crippen LogP contribution < -0.4 is 0 Å². The topological polar surface area (TPSA) is 54.0 Å². The van der Waals surface area contributed by atoms with Crippen LogP contribution in [0.2, 0.25) is 0 Å². The lowest BCUT2D eigenvalue weighted by molar-refractivity contribution is -0.303. The Labute approximate surface area is 100 Å². The molecule has 0 aromatic heterocycles. The molecule has 0 radical (unpaired) electrons. The standard InChI is InChI=1S/C12H18O5/c1-6-7-11(4)9(16-10(2,3)17-11)12(5,14-7)15-8(6)13/h6-7,9H,1-5H3/t6-,7+,9+,11+,12-/m0/s1. The van der Waals surface area contributed by atoms with Crippen molar-refractivity contribution < 1.29 is 23.7 Å². The normalized spacial score (nSPS) is 55.6. The van der Waals surface area contributed by atoms with E-state index in [-0.39, 0.29) is 24.1 Å². The highest BCUT2D eigenvalue weighted by Crippen LogP contribution is 2.55. The van der Waals surface area contributed by atoms with Gasteiger partial charge in [-0.3, -0.25) is 4.79 Å². The molecule has 0 amide bonds. The summed E-state index contributed by atoms with van der Waals surface area (Å²) < 4.78 is 23.1. The molecule has 0 spiro atoms. The largest absolute Gasteiger partial charge is 0.430 e. The molecule has 0 N–H and O–H groups in total.